The first-order valence-corrected chi connectivity index (χ1v) is 10.3. The van der Waals surface area contributed by atoms with Crippen LogP contribution in [0.3, 0.4) is 0 Å². The Balaban J connectivity index is 0. The monoisotopic (exact) mass is 364 g/mol. The molecule has 0 saturated carbocycles. The SMILES string of the molecule is CCCN(CCC)C(=O)S.CCCSC(=O)N(CCC)CCC. The molecule has 0 saturated heterocycles. The number of hydrogen-bond donors (Lipinski definition) is 1. The maximum atomic E-state index is 11.6. The molecule has 0 radical (unpaired) electrons. The number of carbonyl (C=O) groups excluding carboxylic acids is 2. The summed E-state index contributed by atoms with van der Waals surface area (Å²) in [6.07, 6.45) is 5.19. The van der Waals surface area contributed by atoms with Crippen molar-refractivity contribution < 1.29 is 9.59 Å². The largest absolute Gasteiger partial charge is 0.334 e. The lowest BCUT2D eigenvalue weighted by Crippen LogP contribution is -2.29. The Hall–Kier alpha value is -0.360. The Morgan fingerprint density at radius 3 is 1.43 bits per heavy atom. The Bertz CT molecular complexity index is 290. The lowest BCUT2D eigenvalue weighted by atomic mass is 10.4. The van der Waals surface area contributed by atoms with Crippen LogP contribution in [0.25, 0.3) is 0 Å². The van der Waals surface area contributed by atoms with Crippen molar-refractivity contribution in [2.45, 2.75) is 66.7 Å². The molecule has 0 heterocycles. The minimum atomic E-state index is -0.108. The summed E-state index contributed by atoms with van der Waals surface area (Å²) in [5.41, 5.74) is 0. The molecule has 0 rings (SSSR count). The van der Waals surface area contributed by atoms with Crippen molar-refractivity contribution in [3.05, 3.63) is 0 Å². The number of thiol groups is 1. The predicted octanol–water partition coefficient (Wildman–Crippen LogP) is 5.53. The van der Waals surface area contributed by atoms with Gasteiger partial charge in [0.05, 0.1) is 0 Å². The predicted molar refractivity (Wildman–Crippen MR) is 107 cm³/mol. The van der Waals surface area contributed by atoms with Crippen molar-refractivity contribution in [2.75, 3.05) is 31.9 Å². The van der Waals surface area contributed by atoms with Gasteiger partial charge in [-0.2, -0.15) is 0 Å². The fourth-order valence-electron chi connectivity index (χ4n) is 1.96. The molecule has 0 aliphatic rings. The highest BCUT2D eigenvalue weighted by atomic mass is 32.2. The van der Waals surface area contributed by atoms with Crippen molar-refractivity contribution in [1.29, 1.82) is 0 Å². The molecule has 0 aliphatic carbocycles. The van der Waals surface area contributed by atoms with Crippen molar-refractivity contribution in [2.24, 2.45) is 0 Å². The fourth-order valence-corrected chi connectivity index (χ4v) is 2.90. The number of hydrogen-bond acceptors (Lipinski definition) is 3. The zero-order valence-electron chi connectivity index (χ0n) is 15.6. The van der Waals surface area contributed by atoms with Crippen molar-refractivity contribution in [1.82, 2.24) is 9.80 Å². The molecule has 138 valence electrons. The van der Waals surface area contributed by atoms with Gasteiger partial charge in [-0.1, -0.05) is 59.0 Å². The second-order valence-corrected chi connectivity index (χ2v) is 6.80. The average Bonchev–Trinajstić information content (AvgIpc) is 2.52. The van der Waals surface area contributed by atoms with Crippen molar-refractivity contribution in [3.63, 3.8) is 0 Å². The van der Waals surface area contributed by atoms with Crippen LogP contribution >= 0.6 is 24.4 Å². The van der Waals surface area contributed by atoms with E-state index in [1.165, 1.54) is 11.8 Å². The first kappa shape index (κ1) is 24.9. The van der Waals surface area contributed by atoms with Crippen LogP contribution in [0.1, 0.15) is 66.7 Å². The summed E-state index contributed by atoms with van der Waals surface area (Å²) in [6.45, 7) is 13.9. The number of carbonyl (C=O) groups is 2. The lowest BCUT2D eigenvalue weighted by molar-refractivity contribution is 0.222. The molecule has 0 fully saturated rings. The van der Waals surface area contributed by atoms with Gasteiger partial charge in [0.15, 0.2) is 0 Å². The van der Waals surface area contributed by atoms with Gasteiger partial charge in [0.2, 0.25) is 0 Å². The minimum Gasteiger partial charge on any atom is -0.334 e. The molecule has 6 heteroatoms. The standard InChI is InChI=1S/C10H21NOS.C7H15NOS/c1-4-7-11(8-5-2)10(12)13-9-6-3;1-3-5-8(6-4-2)7(9)10/h4-9H2,1-3H3;3-6H2,1-2H3,(H,9,10). The average molecular weight is 365 g/mol. The maximum Gasteiger partial charge on any atom is 0.281 e. The highest BCUT2D eigenvalue weighted by molar-refractivity contribution is 8.13. The third-order valence-corrected chi connectivity index (χ3v) is 4.33. The van der Waals surface area contributed by atoms with E-state index in [9.17, 15) is 9.59 Å². The molecule has 2 amide bonds. The Kier molecular flexibility index (Phi) is 19.5. The van der Waals surface area contributed by atoms with Gasteiger partial charge in [0, 0.05) is 31.9 Å². The van der Waals surface area contributed by atoms with Gasteiger partial charge in [-0.05, 0) is 32.1 Å². The molecule has 23 heavy (non-hydrogen) atoms. The van der Waals surface area contributed by atoms with Crippen molar-refractivity contribution >= 4 is 34.9 Å². The summed E-state index contributed by atoms with van der Waals surface area (Å²) in [7, 11) is 0. The second-order valence-electron chi connectivity index (χ2n) is 5.37. The van der Waals surface area contributed by atoms with Crippen LogP contribution in [0, 0.1) is 0 Å². The van der Waals surface area contributed by atoms with Crippen LogP contribution in [-0.2, 0) is 0 Å². The van der Waals surface area contributed by atoms with Crippen LogP contribution in [0.15, 0.2) is 0 Å². The first-order valence-electron chi connectivity index (χ1n) is 8.87. The second kappa shape index (κ2) is 18.0. The molecule has 0 spiro atoms. The normalized spacial score (nSPS) is 9.83. The first-order chi connectivity index (χ1) is 11.0. The zero-order valence-corrected chi connectivity index (χ0v) is 17.3. The molecule has 0 aromatic carbocycles. The molecule has 0 aliphatic heterocycles. The summed E-state index contributed by atoms with van der Waals surface area (Å²) in [6, 6.07) is 0. The van der Waals surface area contributed by atoms with Gasteiger partial charge < -0.3 is 9.80 Å². The molecule has 0 atom stereocenters. The van der Waals surface area contributed by atoms with E-state index >= 15 is 0 Å². The Morgan fingerprint density at radius 2 is 1.13 bits per heavy atom. The lowest BCUT2D eigenvalue weighted by Gasteiger charge is -2.20. The van der Waals surface area contributed by atoms with E-state index in [-0.39, 0.29) is 10.5 Å². The smallest absolute Gasteiger partial charge is 0.281 e. The van der Waals surface area contributed by atoms with Crippen LogP contribution in [0.2, 0.25) is 0 Å². The van der Waals surface area contributed by atoms with E-state index in [4.69, 9.17) is 0 Å². The number of rotatable bonds is 10. The van der Waals surface area contributed by atoms with Crippen molar-refractivity contribution in [3.8, 4) is 0 Å². The quantitative estimate of drug-likeness (QED) is 0.518. The van der Waals surface area contributed by atoms with E-state index < -0.39 is 0 Å². The van der Waals surface area contributed by atoms with Gasteiger partial charge in [-0.25, -0.2) is 0 Å². The zero-order chi connectivity index (χ0) is 18.1. The van der Waals surface area contributed by atoms with Crippen LogP contribution in [-0.4, -0.2) is 52.2 Å². The number of amides is 2. The number of thioether (sulfide) groups is 1. The fraction of sp³-hybridized carbons (Fsp3) is 0.882. The molecular formula is C17H36N2O2S2. The molecule has 0 bridgehead atoms. The van der Waals surface area contributed by atoms with Gasteiger partial charge >= 0.3 is 0 Å². The number of nitrogens with zero attached hydrogens (tertiary/aromatic N) is 2. The third kappa shape index (κ3) is 14.9. The van der Waals surface area contributed by atoms with E-state index in [0.717, 1.165) is 64.0 Å². The Labute approximate surface area is 153 Å². The summed E-state index contributed by atoms with van der Waals surface area (Å²) in [5, 5.41) is 0.147. The summed E-state index contributed by atoms with van der Waals surface area (Å²) < 4.78 is 0. The summed E-state index contributed by atoms with van der Waals surface area (Å²) in [5.74, 6) is 0.947. The van der Waals surface area contributed by atoms with E-state index in [1.807, 2.05) is 4.90 Å². The summed E-state index contributed by atoms with van der Waals surface area (Å²) >= 11 is 5.20. The molecule has 0 aromatic rings. The molecular weight excluding hydrogens is 328 g/mol. The van der Waals surface area contributed by atoms with Crippen LogP contribution < -0.4 is 0 Å². The van der Waals surface area contributed by atoms with Gasteiger partial charge in [-0.15, -0.1) is 0 Å². The maximum absolute atomic E-state index is 11.6. The van der Waals surface area contributed by atoms with Gasteiger partial charge in [0.25, 0.3) is 10.5 Å². The molecule has 0 unspecified atom stereocenters. The van der Waals surface area contributed by atoms with Crippen LogP contribution in [0.4, 0.5) is 9.59 Å². The highest BCUT2D eigenvalue weighted by Crippen LogP contribution is 2.10. The minimum absolute atomic E-state index is 0.108. The summed E-state index contributed by atoms with van der Waals surface area (Å²) in [4.78, 5) is 26.0. The molecule has 4 nitrogen and oxygen atoms in total. The van der Waals surface area contributed by atoms with E-state index in [2.05, 4.69) is 47.2 Å². The highest BCUT2D eigenvalue weighted by Gasteiger charge is 2.10. The van der Waals surface area contributed by atoms with E-state index in [1.54, 1.807) is 4.90 Å². The topological polar surface area (TPSA) is 40.6 Å². The third-order valence-electron chi connectivity index (χ3n) is 2.93. The Morgan fingerprint density at radius 1 is 0.739 bits per heavy atom. The van der Waals surface area contributed by atoms with Gasteiger partial charge in [0.1, 0.15) is 0 Å². The van der Waals surface area contributed by atoms with E-state index in [0.29, 0.717) is 0 Å². The molecule has 0 aromatic heterocycles. The van der Waals surface area contributed by atoms with Crippen LogP contribution in [0.5, 0.6) is 0 Å². The molecule has 0 N–H and O–H groups in total. The van der Waals surface area contributed by atoms with Gasteiger partial charge in [-0.3, -0.25) is 9.59 Å².